The standard InChI is InChI=1S/C29H32ClF3N4O2/c1-18(29(31,32)33)34-26(38)17-37-27(21-6-5-7-23(30)14-21)35-25-9-8-20(15-24(25)28(37)39)22-12-19(13-22)16-36-10-3-2-4-11-36/h5-9,14-15,18-19,22H,2-4,10-13,16-17H2,1H3,(H,34,38)/t18-,19?,22?/m1/s1. The summed E-state index contributed by atoms with van der Waals surface area (Å²) in [7, 11) is 0. The predicted octanol–water partition coefficient (Wildman–Crippen LogP) is 5.76. The van der Waals surface area contributed by atoms with Gasteiger partial charge >= 0.3 is 6.18 Å². The van der Waals surface area contributed by atoms with Gasteiger partial charge in [0.15, 0.2) is 0 Å². The van der Waals surface area contributed by atoms with Gasteiger partial charge in [0.25, 0.3) is 5.56 Å². The highest BCUT2D eigenvalue weighted by Crippen LogP contribution is 2.42. The summed E-state index contributed by atoms with van der Waals surface area (Å²) in [6.45, 7) is 3.72. The molecule has 1 saturated heterocycles. The van der Waals surface area contributed by atoms with Crippen molar-refractivity contribution in [3.63, 3.8) is 0 Å². The summed E-state index contributed by atoms with van der Waals surface area (Å²) < 4.78 is 40.2. The second kappa shape index (κ2) is 11.3. The number of alkyl halides is 3. The van der Waals surface area contributed by atoms with Crippen molar-refractivity contribution < 1.29 is 18.0 Å². The summed E-state index contributed by atoms with van der Waals surface area (Å²) in [6, 6.07) is 10.2. The number of carbonyl (C=O) groups is 1. The van der Waals surface area contributed by atoms with Gasteiger partial charge in [-0.25, -0.2) is 4.98 Å². The van der Waals surface area contributed by atoms with Gasteiger partial charge in [-0.1, -0.05) is 36.2 Å². The third-order valence-corrected chi connectivity index (χ3v) is 8.14. The van der Waals surface area contributed by atoms with Crippen molar-refractivity contribution in [2.75, 3.05) is 19.6 Å². The number of rotatable bonds is 7. The first-order chi connectivity index (χ1) is 18.6. The van der Waals surface area contributed by atoms with Crippen molar-refractivity contribution in [1.29, 1.82) is 0 Å². The summed E-state index contributed by atoms with van der Waals surface area (Å²) in [5.41, 5.74) is 1.52. The lowest BCUT2D eigenvalue weighted by molar-refractivity contribution is -0.158. The van der Waals surface area contributed by atoms with Crippen LogP contribution in [0.2, 0.25) is 5.02 Å². The SMILES string of the molecule is C[C@@H](NC(=O)Cn1c(-c2cccc(Cl)c2)nc2ccc(C3CC(CN4CCCCC4)C3)cc2c1=O)C(F)(F)F. The van der Waals surface area contributed by atoms with Crippen LogP contribution < -0.4 is 10.9 Å². The molecule has 0 spiro atoms. The van der Waals surface area contributed by atoms with Gasteiger partial charge in [-0.3, -0.25) is 14.2 Å². The summed E-state index contributed by atoms with van der Waals surface area (Å²) in [5, 5.41) is 2.69. The van der Waals surface area contributed by atoms with E-state index in [2.05, 4.69) is 9.88 Å². The van der Waals surface area contributed by atoms with Crippen molar-refractivity contribution in [2.45, 2.75) is 63.7 Å². The van der Waals surface area contributed by atoms with Gasteiger partial charge in [-0.05, 0) is 87.4 Å². The maximum atomic E-state index is 13.7. The third kappa shape index (κ3) is 6.30. The summed E-state index contributed by atoms with van der Waals surface area (Å²) >= 11 is 6.16. The maximum Gasteiger partial charge on any atom is 0.408 e. The molecule has 5 rings (SSSR count). The van der Waals surface area contributed by atoms with Gasteiger partial charge in [-0.15, -0.1) is 0 Å². The first kappa shape index (κ1) is 27.6. The fraction of sp³-hybridized carbons (Fsp3) is 0.483. The van der Waals surface area contributed by atoms with Crippen LogP contribution in [0.4, 0.5) is 13.2 Å². The van der Waals surface area contributed by atoms with Crippen LogP contribution in [-0.2, 0) is 11.3 Å². The molecule has 2 aromatic carbocycles. The highest BCUT2D eigenvalue weighted by Gasteiger charge is 2.37. The first-order valence-corrected chi connectivity index (χ1v) is 13.8. The number of likely N-dealkylation sites (tertiary alicyclic amines) is 1. The molecule has 1 aliphatic carbocycles. The molecule has 0 radical (unpaired) electrons. The Morgan fingerprint density at radius 2 is 1.87 bits per heavy atom. The molecule has 2 fully saturated rings. The largest absolute Gasteiger partial charge is 0.408 e. The molecule has 3 aromatic rings. The zero-order valence-electron chi connectivity index (χ0n) is 21.8. The van der Waals surface area contributed by atoms with E-state index in [4.69, 9.17) is 11.6 Å². The van der Waals surface area contributed by atoms with Crippen LogP contribution in [0.25, 0.3) is 22.3 Å². The highest BCUT2D eigenvalue weighted by atomic mass is 35.5. The number of amides is 1. The molecule has 1 aliphatic heterocycles. The van der Waals surface area contributed by atoms with E-state index in [1.165, 1.54) is 32.4 Å². The summed E-state index contributed by atoms with van der Waals surface area (Å²) in [5.74, 6) is 0.230. The van der Waals surface area contributed by atoms with E-state index in [1.54, 1.807) is 24.3 Å². The lowest BCUT2D eigenvalue weighted by Crippen LogP contribution is -2.45. The molecule has 2 aliphatic rings. The Labute approximate surface area is 230 Å². The monoisotopic (exact) mass is 560 g/mol. The van der Waals surface area contributed by atoms with Gasteiger partial charge in [0, 0.05) is 17.1 Å². The highest BCUT2D eigenvalue weighted by molar-refractivity contribution is 6.30. The van der Waals surface area contributed by atoms with Crippen LogP contribution in [0.3, 0.4) is 0 Å². The second-order valence-electron chi connectivity index (χ2n) is 10.8. The molecule has 0 bridgehead atoms. The Morgan fingerprint density at radius 1 is 1.13 bits per heavy atom. The number of nitrogens with zero attached hydrogens (tertiary/aromatic N) is 3. The average Bonchev–Trinajstić information content (AvgIpc) is 2.87. The minimum Gasteiger partial charge on any atom is -0.343 e. The number of fused-ring (bicyclic) bond motifs is 1. The molecule has 10 heteroatoms. The van der Waals surface area contributed by atoms with Crippen LogP contribution >= 0.6 is 11.6 Å². The van der Waals surface area contributed by atoms with Crippen molar-refractivity contribution in [2.24, 2.45) is 5.92 Å². The normalized spacial score (nSPS) is 20.9. The minimum atomic E-state index is -4.60. The van der Waals surface area contributed by atoms with E-state index in [0.29, 0.717) is 33.3 Å². The van der Waals surface area contributed by atoms with Crippen LogP contribution in [0.1, 0.15) is 50.5 Å². The van der Waals surface area contributed by atoms with Gasteiger partial charge < -0.3 is 10.2 Å². The van der Waals surface area contributed by atoms with E-state index < -0.39 is 30.2 Å². The Hall–Kier alpha value is -2.91. The van der Waals surface area contributed by atoms with Crippen LogP contribution in [-0.4, -0.2) is 52.2 Å². The lowest BCUT2D eigenvalue weighted by atomic mass is 9.71. The molecule has 1 saturated carbocycles. The van der Waals surface area contributed by atoms with Gasteiger partial charge in [0.1, 0.15) is 18.4 Å². The van der Waals surface area contributed by atoms with Crippen molar-refractivity contribution in [3.05, 3.63) is 63.4 Å². The number of hydrogen-bond acceptors (Lipinski definition) is 4. The number of piperidine rings is 1. The maximum absolute atomic E-state index is 13.7. The van der Waals surface area contributed by atoms with Gasteiger partial charge in [-0.2, -0.15) is 13.2 Å². The fourth-order valence-corrected chi connectivity index (χ4v) is 5.85. The molecule has 1 atom stereocenters. The van der Waals surface area contributed by atoms with E-state index in [0.717, 1.165) is 36.4 Å². The Bertz CT molecular complexity index is 1410. The summed E-state index contributed by atoms with van der Waals surface area (Å²) in [4.78, 5) is 33.5. The molecule has 39 heavy (non-hydrogen) atoms. The predicted molar refractivity (Wildman–Crippen MR) is 146 cm³/mol. The second-order valence-corrected chi connectivity index (χ2v) is 11.3. The van der Waals surface area contributed by atoms with Crippen molar-refractivity contribution in [1.82, 2.24) is 19.8 Å². The molecule has 0 unspecified atom stereocenters. The average molecular weight is 561 g/mol. The van der Waals surface area contributed by atoms with E-state index in [-0.39, 0.29) is 5.82 Å². The smallest absolute Gasteiger partial charge is 0.343 e. The molecule has 1 aromatic heterocycles. The quantitative estimate of drug-likeness (QED) is 0.399. The number of benzene rings is 2. The minimum absolute atomic E-state index is 0.169. The molecule has 208 valence electrons. The number of nitrogens with one attached hydrogen (secondary N) is 1. The van der Waals surface area contributed by atoms with Gasteiger partial charge in [0.2, 0.25) is 5.91 Å². The lowest BCUT2D eigenvalue weighted by Gasteiger charge is -2.40. The van der Waals surface area contributed by atoms with Crippen molar-refractivity contribution in [3.8, 4) is 11.4 Å². The molecule has 2 heterocycles. The number of halogens is 4. The first-order valence-electron chi connectivity index (χ1n) is 13.5. The van der Waals surface area contributed by atoms with Gasteiger partial charge in [0.05, 0.1) is 10.9 Å². The molecular formula is C29H32ClF3N4O2. The fourth-order valence-electron chi connectivity index (χ4n) is 5.66. The Balaban J connectivity index is 1.43. The Kier molecular flexibility index (Phi) is 8.01. The number of aromatic nitrogens is 2. The van der Waals surface area contributed by atoms with Crippen LogP contribution in [0.15, 0.2) is 47.3 Å². The zero-order chi connectivity index (χ0) is 27.7. The third-order valence-electron chi connectivity index (χ3n) is 7.90. The summed E-state index contributed by atoms with van der Waals surface area (Å²) in [6.07, 6.45) is 1.37. The van der Waals surface area contributed by atoms with E-state index in [9.17, 15) is 22.8 Å². The van der Waals surface area contributed by atoms with Crippen molar-refractivity contribution >= 4 is 28.4 Å². The van der Waals surface area contributed by atoms with Crippen LogP contribution in [0, 0.1) is 5.92 Å². The van der Waals surface area contributed by atoms with E-state index in [1.807, 2.05) is 23.5 Å². The Morgan fingerprint density at radius 3 is 2.56 bits per heavy atom. The van der Waals surface area contributed by atoms with Crippen LogP contribution in [0.5, 0.6) is 0 Å². The topological polar surface area (TPSA) is 67.2 Å². The molecule has 1 N–H and O–H groups in total. The van der Waals surface area contributed by atoms with E-state index >= 15 is 0 Å². The number of hydrogen-bond donors (Lipinski definition) is 1. The number of carbonyl (C=O) groups excluding carboxylic acids is 1. The molecule has 6 nitrogen and oxygen atoms in total. The molecule has 1 amide bonds. The zero-order valence-corrected chi connectivity index (χ0v) is 22.6. The molecular weight excluding hydrogens is 529 g/mol.